The first-order valence-corrected chi connectivity index (χ1v) is 10.8. The first kappa shape index (κ1) is 20.4. The molecule has 0 atom stereocenters. The van der Waals surface area contributed by atoms with Crippen molar-refractivity contribution in [2.45, 2.75) is 38.1 Å². The first-order chi connectivity index (χ1) is 13.3. The van der Waals surface area contributed by atoms with E-state index in [1.807, 2.05) is 36.9 Å². The molecule has 7 heteroatoms. The van der Waals surface area contributed by atoms with Crippen molar-refractivity contribution in [3.8, 4) is 5.75 Å². The highest BCUT2D eigenvalue weighted by Crippen LogP contribution is 2.30. The predicted octanol–water partition coefficient (Wildman–Crippen LogP) is 3.11. The van der Waals surface area contributed by atoms with E-state index in [0.717, 1.165) is 23.2 Å². The maximum absolute atomic E-state index is 12.5. The highest BCUT2D eigenvalue weighted by Gasteiger charge is 2.25. The molecule has 0 fully saturated rings. The van der Waals surface area contributed by atoms with Gasteiger partial charge >= 0.3 is 0 Å². The second-order valence-electron chi connectivity index (χ2n) is 7.36. The summed E-state index contributed by atoms with van der Waals surface area (Å²) in [6, 6.07) is 12.0. The molecule has 1 aliphatic heterocycles. The molecule has 6 nitrogen and oxygen atoms in total. The summed E-state index contributed by atoms with van der Waals surface area (Å²) in [6.07, 6.45) is 1.32. The predicted molar refractivity (Wildman–Crippen MR) is 109 cm³/mol. The van der Waals surface area contributed by atoms with Gasteiger partial charge in [0.25, 0.3) is 0 Å². The molecule has 0 saturated carbocycles. The number of hydrogen-bond donors (Lipinski definition) is 1. The Morgan fingerprint density at radius 1 is 1.18 bits per heavy atom. The number of benzene rings is 2. The monoisotopic (exact) mass is 402 g/mol. The third kappa shape index (κ3) is 4.54. The SMILES string of the molecule is COc1ccc(S(=O)(=O)NCc2ccc3c(c2)CCN3C(=O)CC(C)C)cc1. The van der Waals surface area contributed by atoms with Crippen LogP contribution in [0.4, 0.5) is 5.69 Å². The number of ether oxygens (including phenoxy) is 1. The molecule has 0 saturated heterocycles. The highest BCUT2D eigenvalue weighted by atomic mass is 32.2. The van der Waals surface area contributed by atoms with Crippen molar-refractivity contribution >= 4 is 21.6 Å². The van der Waals surface area contributed by atoms with E-state index in [1.54, 1.807) is 12.1 Å². The van der Waals surface area contributed by atoms with E-state index in [2.05, 4.69) is 4.72 Å². The second-order valence-corrected chi connectivity index (χ2v) is 9.12. The molecule has 28 heavy (non-hydrogen) atoms. The number of rotatable bonds is 7. The molecule has 2 aromatic carbocycles. The Morgan fingerprint density at radius 2 is 1.89 bits per heavy atom. The zero-order valence-electron chi connectivity index (χ0n) is 16.4. The number of hydrogen-bond acceptors (Lipinski definition) is 4. The van der Waals surface area contributed by atoms with Crippen molar-refractivity contribution in [1.82, 2.24) is 4.72 Å². The van der Waals surface area contributed by atoms with Crippen molar-refractivity contribution in [1.29, 1.82) is 0 Å². The minimum Gasteiger partial charge on any atom is -0.497 e. The van der Waals surface area contributed by atoms with Crippen LogP contribution in [-0.2, 0) is 27.8 Å². The van der Waals surface area contributed by atoms with Crippen LogP contribution in [0.5, 0.6) is 5.75 Å². The van der Waals surface area contributed by atoms with Gasteiger partial charge < -0.3 is 9.64 Å². The van der Waals surface area contributed by atoms with Crippen LogP contribution in [0.2, 0.25) is 0 Å². The lowest BCUT2D eigenvalue weighted by atomic mass is 10.1. The Bertz CT molecular complexity index is 953. The van der Waals surface area contributed by atoms with Gasteiger partial charge in [0.1, 0.15) is 5.75 Å². The number of methoxy groups -OCH3 is 1. The van der Waals surface area contributed by atoms with E-state index in [0.29, 0.717) is 24.6 Å². The van der Waals surface area contributed by atoms with E-state index in [9.17, 15) is 13.2 Å². The summed E-state index contributed by atoms with van der Waals surface area (Å²) in [5.74, 6) is 1.07. The largest absolute Gasteiger partial charge is 0.497 e. The Balaban J connectivity index is 1.68. The molecule has 150 valence electrons. The topological polar surface area (TPSA) is 75.7 Å². The van der Waals surface area contributed by atoms with Gasteiger partial charge in [-0.15, -0.1) is 0 Å². The van der Waals surface area contributed by atoms with Crippen LogP contribution in [0, 0.1) is 5.92 Å². The Morgan fingerprint density at radius 3 is 2.54 bits per heavy atom. The van der Waals surface area contributed by atoms with Crippen LogP contribution < -0.4 is 14.4 Å². The first-order valence-electron chi connectivity index (χ1n) is 9.36. The zero-order valence-corrected chi connectivity index (χ0v) is 17.3. The van der Waals surface area contributed by atoms with Gasteiger partial charge in [0.2, 0.25) is 15.9 Å². The van der Waals surface area contributed by atoms with Gasteiger partial charge in [-0.3, -0.25) is 4.79 Å². The van der Waals surface area contributed by atoms with Crippen molar-refractivity contribution in [3.05, 3.63) is 53.6 Å². The molecule has 0 spiro atoms. The smallest absolute Gasteiger partial charge is 0.240 e. The van der Waals surface area contributed by atoms with Crippen molar-refractivity contribution in [2.75, 3.05) is 18.6 Å². The van der Waals surface area contributed by atoms with E-state index < -0.39 is 10.0 Å². The summed E-state index contributed by atoms with van der Waals surface area (Å²) in [6.45, 7) is 4.95. The lowest BCUT2D eigenvalue weighted by Crippen LogP contribution is -2.29. The van der Waals surface area contributed by atoms with Crippen molar-refractivity contribution in [2.24, 2.45) is 5.92 Å². The molecule has 2 aromatic rings. The van der Waals surface area contributed by atoms with Crippen LogP contribution in [0.3, 0.4) is 0 Å². The molecule has 1 heterocycles. The van der Waals surface area contributed by atoms with Gasteiger partial charge in [-0.25, -0.2) is 13.1 Å². The van der Waals surface area contributed by atoms with Gasteiger partial charge in [0.05, 0.1) is 12.0 Å². The third-order valence-corrected chi connectivity index (χ3v) is 6.18. The van der Waals surface area contributed by atoms with Crippen LogP contribution in [0.25, 0.3) is 0 Å². The molecule has 0 bridgehead atoms. The van der Waals surface area contributed by atoms with E-state index in [4.69, 9.17) is 4.74 Å². The Kier molecular flexibility index (Phi) is 6.05. The third-order valence-electron chi connectivity index (χ3n) is 4.76. The quantitative estimate of drug-likeness (QED) is 0.772. The number of fused-ring (bicyclic) bond motifs is 1. The van der Waals surface area contributed by atoms with Gasteiger partial charge in [-0.05, 0) is 53.8 Å². The van der Waals surface area contributed by atoms with Crippen molar-refractivity contribution < 1.29 is 17.9 Å². The van der Waals surface area contributed by atoms with E-state index in [-0.39, 0.29) is 17.3 Å². The molecule has 0 radical (unpaired) electrons. The van der Waals surface area contributed by atoms with E-state index in [1.165, 1.54) is 19.2 Å². The number of nitrogens with zero attached hydrogens (tertiary/aromatic N) is 1. The molecule has 0 aromatic heterocycles. The van der Waals surface area contributed by atoms with Crippen LogP contribution >= 0.6 is 0 Å². The molecule has 0 unspecified atom stereocenters. The Labute approximate surface area is 166 Å². The summed E-state index contributed by atoms with van der Waals surface area (Å²) < 4.78 is 32.6. The second kappa shape index (κ2) is 8.32. The average molecular weight is 403 g/mol. The molecular formula is C21H26N2O4S. The molecule has 3 rings (SSSR count). The molecule has 0 aliphatic carbocycles. The number of amides is 1. The normalized spacial score (nSPS) is 13.6. The summed E-state index contributed by atoms with van der Waals surface area (Å²) in [5, 5.41) is 0. The molecular weight excluding hydrogens is 376 g/mol. The minimum atomic E-state index is -3.61. The fourth-order valence-electron chi connectivity index (χ4n) is 3.30. The maximum Gasteiger partial charge on any atom is 0.240 e. The number of nitrogens with one attached hydrogen (secondary N) is 1. The van der Waals surface area contributed by atoms with Crippen molar-refractivity contribution in [3.63, 3.8) is 0 Å². The fraction of sp³-hybridized carbons (Fsp3) is 0.381. The zero-order chi connectivity index (χ0) is 20.3. The van der Waals surface area contributed by atoms with E-state index >= 15 is 0 Å². The molecule has 1 N–H and O–H groups in total. The average Bonchev–Trinajstić information content (AvgIpc) is 3.09. The van der Waals surface area contributed by atoms with Crippen LogP contribution in [0.15, 0.2) is 47.4 Å². The van der Waals surface area contributed by atoms with Gasteiger partial charge in [-0.1, -0.05) is 26.0 Å². The van der Waals surface area contributed by atoms with Gasteiger partial charge in [0.15, 0.2) is 0 Å². The minimum absolute atomic E-state index is 0.140. The molecule has 1 amide bonds. The summed E-state index contributed by atoms with van der Waals surface area (Å²) >= 11 is 0. The standard InChI is InChI=1S/C21H26N2O4S/c1-15(2)12-21(24)23-11-10-17-13-16(4-9-20(17)23)14-22-28(25,26)19-7-5-18(27-3)6-8-19/h4-9,13,15,22H,10-12,14H2,1-3H3. The van der Waals surface area contributed by atoms with Crippen LogP contribution in [0.1, 0.15) is 31.4 Å². The lowest BCUT2D eigenvalue weighted by molar-refractivity contribution is -0.119. The Hall–Kier alpha value is -2.38. The summed E-state index contributed by atoms with van der Waals surface area (Å²) in [7, 11) is -2.07. The van der Waals surface area contributed by atoms with Gasteiger partial charge in [-0.2, -0.15) is 0 Å². The molecule has 1 aliphatic rings. The number of sulfonamides is 1. The number of carbonyl (C=O) groups excluding carboxylic acids is 1. The lowest BCUT2D eigenvalue weighted by Gasteiger charge is -2.18. The fourth-order valence-corrected chi connectivity index (χ4v) is 4.32. The number of anilines is 1. The van der Waals surface area contributed by atoms with Gasteiger partial charge in [0, 0.05) is 25.2 Å². The highest BCUT2D eigenvalue weighted by molar-refractivity contribution is 7.89. The number of carbonyl (C=O) groups is 1. The van der Waals surface area contributed by atoms with Crippen LogP contribution in [-0.4, -0.2) is 28.0 Å². The summed E-state index contributed by atoms with van der Waals surface area (Å²) in [5.41, 5.74) is 2.89. The summed E-state index contributed by atoms with van der Waals surface area (Å²) in [4.78, 5) is 14.4. The maximum atomic E-state index is 12.5.